The maximum absolute atomic E-state index is 4.02. The molecular weight excluding hydrogens is 110 g/mol. The zero-order valence-electron chi connectivity index (χ0n) is 6.11. The zero-order valence-corrected chi connectivity index (χ0v) is 6.11. The molecule has 1 nitrogen and oxygen atoms in total. The van der Waals surface area contributed by atoms with Gasteiger partial charge in [0.2, 0.25) is 0 Å². The van der Waals surface area contributed by atoms with Crippen molar-refractivity contribution in [2.45, 2.75) is 19.8 Å². The van der Waals surface area contributed by atoms with E-state index >= 15 is 0 Å². The minimum absolute atomic E-state index is 0.773. The van der Waals surface area contributed by atoms with Gasteiger partial charge in [-0.15, -0.1) is 0 Å². The molecule has 1 saturated heterocycles. The third-order valence-corrected chi connectivity index (χ3v) is 2.09. The van der Waals surface area contributed by atoms with Crippen LogP contribution in [0.15, 0.2) is 12.2 Å². The van der Waals surface area contributed by atoms with Crippen molar-refractivity contribution < 1.29 is 0 Å². The molecule has 0 aromatic rings. The SMILES string of the molecule is C=C(CC)C1CCNC1. The molecule has 1 atom stereocenters. The fourth-order valence-electron chi connectivity index (χ4n) is 1.29. The Hall–Kier alpha value is -0.300. The van der Waals surface area contributed by atoms with Crippen LogP contribution in [0, 0.1) is 5.92 Å². The van der Waals surface area contributed by atoms with E-state index in [9.17, 15) is 0 Å². The predicted molar refractivity (Wildman–Crippen MR) is 40.4 cm³/mol. The lowest BCUT2D eigenvalue weighted by molar-refractivity contribution is 0.660. The quantitative estimate of drug-likeness (QED) is 0.552. The van der Waals surface area contributed by atoms with Crippen molar-refractivity contribution >= 4 is 0 Å². The highest BCUT2D eigenvalue weighted by molar-refractivity contribution is 5.02. The summed E-state index contributed by atoms with van der Waals surface area (Å²) < 4.78 is 0. The normalized spacial score (nSPS) is 26.6. The van der Waals surface area contributed by atoms with Crippen LogP contribution in [-0.2, 0) is 0 Å². The molecule has 1 heteroatoms. The molecule has 1 aliphatic rings. The number of hydrogen-bond acceptors (Lipinski definition) is 1. The summed E-state index contributed by atoms with van der Waals surface area (Å²) in [5.41, 5.74) is 1.42. The molecule has 0 saturated carbocycles. The second-order valence-electron chi connectivity index (χ2n) is 2.70. The molecule has 1 aliphatic heterocycles. The van der Waals surface area contributed by atoms with E-state index in [1.807, 2.05) is 0 Å². The highest BCUT2D eigenvalue weighted by Gasteiger charge is 2.15. The molecule has 9 heavy (non-hydrogen) atoms. The molecule has 1 N–H and O–H groups in total. The van der Waals surface area contributed by atoms with Crippen LogP contribution in [0.3, 0.4) is 0 Å². The van der Waals surface area contributed by atoms with Gasteiger partial charge in [-0.2, -0.15) is 0 Å². The number of hydrogen-bond donors (Lipinski definition) is 1. The van der Waals surface area contributed by atoms with Crippen LogP contribution < -0.4 is 5.32 Å². The van der Waals surface area contributed by atoms with Crippen LogP contribution in [0.1, 0.15) is 19.8 Å². The van der Waals surface area contributed by atoms with Gasteiger partial charge in [0, 0.05) is 6.54 Å². The second kappa shape index (κ2) is 3.02. The monoisotopic (exact) mass is 125 g/mol. The highest BCUT2D eigenvalue weighted by Crippen LogP contribution is 2.18. The molecule has 0 spiro atoms. The molecule has 0 aromatic carbocycles. The molecule has 1 fully saturated rings. The van der Waals surface area contributed by atoms with Crippen LogP contribution >= 0.6 is 0 Å². The van der Waals surface area contributed by atoms with E-state index < -0.39 is 0 Å². The summed E-state index contributed by atoms with van der Waals surface area (Å²) in [6, 6.07) is 0. The van der Waals surface area contributed by atoms with Crippen molar-refractivity contribution in [3.8, 4) is 0 Å². The molecular formula is C8H15N. The van der Waals surface area contributed by atoms with E-state index in [1.54, 1.807) is 0 Å². The maximum atomic E-state index is 4.02. The first kappa shape index (κ1) is 6.81. The van der Waals surface area contributed by atoms with Crippen molar-refractivity contribution in [3.63, 3.8) is 0 Å². The highest BCUT2D eigenvalue weighted by atomic mass is 14.9. The molecule has 1 heterocycles. The zero-order chi connectivity index (χ0) is 6.69. The van der Waals surface area contributed by atoms with Gasteiger partial charge in [0.05, 0.1) is 0 Å². The second-order valence-corrected chi connectivity index (χ2v) is 2.70. The van der Waals surface area contributed by atoms with Crippen molar-refractivity contribution in [1.29, 1.82) is 0 Å². The lowest BCUT2D eigenvalue weighted by Crippen LogP contribution is -2.09. The summed E-state index contributed by atoms with van der Waals surface area (Å²) in [6.07, 6.45) is 2.44. The van der Waals surface area contributed by atoms with Crippen molar-refractivity contribution in [3.05, 3.63) is 12.2 Å². The van der Waals surface area contributed by atoms with E-state index in [0.717, 1.165) is 18.9 Å². The van der Waals surface area contributed by atoms with Crippen molar-refractivity contribution in [2.75, 3.05) is 13.1 Å². The van der Waals surface area contributed by atoms with E-state index in [0.29, 0.717) is 0 Å². The van der Waals surface area contributed by atoms with Gasteiger partial charge in [-0.3, -0.25) is 0 Å². The van der Waals surface area contributed by atoms with Crippen LogP contribution in [0.5, 0.6) is 0 Å². The van der Waals surface area contributed by atoms with Gasteiger partial charge in [-0.05, 0) is 25.3 Å². The van der Waals surface area contributed by atoms with E-state index in [2.05, 4.69) is 18.8 Å². The molecule has 0 amide bonds. The van der Waals surface area contributed by atoms with E-state index in [-0.39, 0.29) is 0 Å². The average molecular weight is 125 g/mol. The largest absolute Gasteiger partial charge is 0.316 e. The lowest BCUT2D eigenvalue weighted by atomic mass is 9.98. The van der Waals surface area contributed by atoms with Crippen molar-refractivity contribution in [1.82, 2.24) is 5.32 Å². The Morgan fingerprint density at radius 1 is 1.78 bits per heavy atom. The molecule has 1 rings (SSSR count). The van der Waals surface area contributed by atoms with Gasteiger partial charge in [0.1, 0.15) is 0 Å². The smallest absolute Gasteiger partial charge is 0.00172 e. The van der Waals surface area contributed by atoms with Crippen LogP contribution in [0.4, 0.5) is 0 Å². The Bertz CT molecular complexity index is 101. The molecule has 1 unspecified atom stereocenters. The van der Waals surface area contributed by atoms with Crippen LogP contribution in [-0.4, -0.2) is 13.1 Å². The number of rotatable bonds is 2. The third kappa shape index (κ3) is 1.55. The summed E-state index contributed by atoms with van der Waals surface area (Å²) in [7, 11) is 0. The summed E-state index contributed by atoms with van der Waals surface area (Å²) in [5, 5.41) is 3.33. The fourth-order valence-corrected chi connectivity index (χ4v) is 1.29. The summed E-state index contributed by atoms with van der Waals surface area (Å²) in [4.78, 5) is 0. The third-order valence-electron chi connectivity index (χ3n) is 2.09. The Balaban J connectivity index is 2.32. The topological polar surface area (TPSA) is 12.0 Å². The summed E-state index contributed by atoms with van der Waals surface area (Å²) >= 11 is 0. The average Bonchev–Trinajstić information content (AvgIpc) is 2.37. The van der Waals surface area contributed by atoms with Gasteiger partial charge < -0.3 is 5.32 Å². The molecule has 0 aliphatic carbocycles. The van der Waals surface area contributed by atoms with Crippen molar-refractivity contribution in [2.24, 2.45) is 5.92 Å². The Kier molecular flexibility index (Phi) is 2.29. The molecule has 0 bridgehead atoms. The standard InChI is InChI=1S/C8H15N/c1-3-7(2)8-4-5-9-6-8/h8-9H,2-6H2,1H3. The Morgan fingerprint density at radius 3 is 3.00 bits per heavy atom. The minimum Gasteiger partial charge on any atom is -0.316 e. The van der Waals surface area contributed by atoms with Crippen LogP contribution in [0.25, 0.3) is 0 Å². The predicted octanol–water partition coefficient (Wildman–Crippen LogP) is 1.56. The number of nitrogens with one attached hydrogen (secondary N) is 1. The van der Waals surface area contributed by atoms with Gasteiger partial charge in [-0.25, -0.2) is 0 Å². The maximum Gasteiger partial charge on any atom is 0.00172 e. The Morgan fingerprint density at radius 2 is 2.56 bits per heavy atom. The van der Waals surface area contributed by atoms with E-state index in [4.69, 9.17) is 0 Å². The minimum atomic E-state index is 0.773. The summed E-state index contributed by atoms with van der Waals surface area (Å²) in [6.45, 7) is 8.54. The van der Waals surface area contributed by atoms with Gasteiger partial charge in [0.15, 0.2) is 0 Å². The molecule has 0 radical (unpaired) electrons. The first-order valence-corrected chi connectivity index (χ1v) is 3.73. The van der Waals surface area contributed by atoms with Gasteiger partial charge >= 0.3 is 0 Å². The van der Waals surface area contributed by atoms with Gasteiger partial charge in [0.25, 0.3) is 0 Å². The lowest BCUT2D eigenvalue weighted by Gasteiger charge is -2.08. The first-order chi connectivity index (χ1) is 4.34. The first-order valence-electron chi connectivity index (χ1n) is 3.73. The van der Waals surface area contributed by atoms with E-state index in [1.165, 1.54) is 18.5 Å². The molecule has 0 aromatic heterocycles. The van der Waals surface area contributed by atoms with Gasteiger partial charge in [-0.1, -0.05) is 19.1 Å². The fraction of sp³-hybridized carbons (Fsp3) is 0.750. The Labute approximate surface area is 57.1 Å². The van der Waals surface area contributed by atoms with Crippen LogP contribution in [0.2, 0.25) is 0 Å². The summed E-state index contributed by atoms with van der Waals surface area (Å²) in [5.74, 6) is 0.773. The molecule has 52 valence electrons.